The molecule has 0 aliphatic carbocycles. The van der Waals surface area contributed by atoms with Crippen molar-refractivity contribution in [1.82, 2.24) is 19.6 Å². The normalized spacial score (nSPS) is 11.3. The highest BCUT2D eigenvalue weighted by Crippen LogP contribution is 2.20. The van der Waals surface area contributed by atoms with Gasteiger partial charge in [-0.15, -0.1) is 0 Å². The molecular weight excluding hydrogens is 330 g/mol. The molecule has 0 unspecified atom stereocenters. The lowest BCUT2D eigenvalue weighted by Gasteiger charge is -2.23. The monoisotopic (exact) mass is 353 g/mol. The number of nitrogens with one attached hydrogen (secondary N) is 1. The van der Waals surface area contributed by atoms with Gasteiger partial charge in [0, 0.05) is 23.9 Å². The first kappa shape index (κ1) is 17.8. The van der Waals surface area contributed by atoms with Crippen molar-refractivity contribution in [2.24, 2.45) is 5.92 Å². The fourth-order valence-corrected chi connectivity index (χ4v) is 2.84. The molecule has 1 amide bonds. The summed E-state index contributed by atoms with van der Waals surface area (Å²) in [6.07, 6.45) is 0.436. The number of fused-ring (bicyclic) bond motifs is 1. The number of carbonyl (C=O) groups is 1. The fourth-order valence-electron chi connectivity index (χ4n) is 2.84. The van der Waals surface area contributed by atoms with Crippen LogP contribution in [0.2, 0.25) is 0 Å². The SMILES string of the molecule is Cc1cccc(N(Cc2nc3nc(C)cc(=O)n3[nH]2)C(=O)CC(C)C)c1. The van der Waals surface area contributed by atoms with Crippen LogP contribution in [-0.4, -0.2) is 25.5 Å². The predicted molar refractivity (Wildman–Crippen MR) is 100 cm³/mol. The Morgan fingerprint density at radius 3 is 2.69 bits per heavy atom. The van der Waals surface area contributed by atoms with E-state index in [1.165, 1.54) is 10.6 Å². The molecular formula is C19H23N5O2. The smallest absolute Gasteiger partial charge is 0.274 e. The Bertz CT molecular complexity index is 1000. The Hall–Kier alpha value is -2.96. The largest absolute Gasteiger partial charge is 0.305 e. The number of aromatic nitrogens is 4. The number of H-pyrrole nitrogens is 1. The van der Waals surface area contributed by atoms with Gasteiger partial charge in [-0.3, -0.25) is 14.7 Å². The molecule has 3 aromatic rings. The molecule has 136 valence electrons. The highest BCUT2D eigenvalue weighted by atomic mass is 16.2. The molecule has 3 rings (SSSR count). The summed E-state index contributed by atoms with van der Waals surface area (Å²) in [6.45, 7) is 8.01. The van der Waals surface area contributed by atoms with E-state index < -0.39 is 0 Å². The second-order valence-corrected chi connectivity index (χ2v) is 6.96. The third-order valence-corrected chi connectivity index (χ3v) is 4.01. The Morgan fingerprint density at radius 1 is 1.23 bits per heavy atom. The lowest BCUT2D eigenvalue weighted by Crippen LogP contribution is -2.31. The van der Waals surface area contributed by atoms with Gasteiger partial charge in [0.1, 0.15) is 5.82 Å². The number of hydrogen-bond donors (Lipinski definition) is 1. The van der Waals surface area contributed by atoms with Gasteiger partial charge >= 0.3 is 0 Å². The maximum absolute atomic E-state index is 12.8. The molecule has 0 saturated carbocycles. The predicted octanol–water partition coefficient (Wildman–Crippen LogP) is 2.61. The van der Waals surface area contributed by atoms with Crippen molar-refractivity contribution >= 4 is 17.4 Å². The van der Waals surface area contributed by atoms with Crippen molar-refractivity contribution in [3.8, 4) is 0 Å². The van der Waals surface area contributed by atoms with Gasteiger partial charge in [0.15, 0.2) is 0 Å². The molecule has 26 heavy (non-hydrogen) atoms. The summed E-state index contributed by atoms with van der Waals surface area (Å²) in [4.78, 5) is 35.2. The second-order valence-electron chi connectivity index (χ2n) is 6.96. The molecule has 0 bridgehead atoms. The van der Waals surface area contributed by atoms with Crippen molar-refractivity contribution in [3.63, 3.8) is 0 Å². The third kappa shape index (κ3) is 3.82. The molecule has 7 nitrogen and oxygen atoms in total. The second kappa shape index (κ2) is 7.11. The Morgan fingerprint density at radius 2 is 2.00 bits per heavy atom. The van der Waals surface area contributed by atoms with Crippen LogP contribution in [0, 0.1) is 19.8 Å². The molecule has 0 spiro atoms. The number of anilines is 1. The third-order valence-electron chi connectivity index (χ3n) is 4.01. The van der Waals surface area contributed by atoms with Gasteiger partial charge in [-0.1, -0.05) is 26.0 Å². The maximum Gasteiger partial charge on any atom is 0.274 e. The average Bonchev–Trinajstić information content (AvgIpc) is 2.94. The van der Waals surface area contributed by atoms with E-state index in [2.05, 4.69) is 15.1 Å². The first-order chi connectivity index (χ1) is 12.3. The van der Waals surface area contributed by atoms with Gasteiger partial charge in [0.05, 0.1) is 6.54 Å². The minimum absolute atomic E-state index is 0.0162. The summed E-state index contributed by atoms with van der Waals surface area (Å²) in [6, 6.07) is 9.23. The molecule has 0 saturated heterocycles. The summed E-state index contributed by atoms with van der Waals surface area (Å²) in [5.74, 6) is 1.09. The first-order valence-corrected chi connectivity index (χ1v) is 8.66. The van der Waals surface area contributed by atoms with Gasteiger partial charge in [-0.2, -0.15) is 9.50 Å². The molecule has 0 atom stereocenters. The van der Waals surface area contributed by atoms with Crippen molar-refractivity contribution in [2.75, 3.05) is 4.90 Å². The lowest BCUT2D eigenvalue weighted by molar-refractivity contribution is -0.119. The van der Waals surface area contributed by atoms with Crippen LogP contribution in [0.5, 0.6) is 0 Å². The van der Waals surface area contributed by atoms with E-state index >= 15 is 0 Å². The molecule has 1 aromatic carbocycles. The van der Waals surface area contributed by atoms with Gasteiger partial charge in [-0.05, 0) is 37.5 Å². The van der Waals surface area contributed by atoms with Crippen molar-refractivity contribution < 1.29 is 4.79 Å². The van der Waals surface area contributed by atoms with Crippen molar-refractivity contribution in [2.45, 2.75) is 40.7 Å². The summed E-state index contributed by atoms with van der Waals surface area (Å²) in [7, 11) is 0. The van der Waals surface area contributed by atoms with E-state index in [0.29, 0.717) is 23.7 Å². The van der Waals surface area contributed by atoms with E-state index in [1.54, 1.807) is 11.8 Å². The van der Waals surface area contributed by atoms with Gasteiger partial charge < -0.3 is 4.90 Å². The molecule has 2 aromatic heterocycles. The number of hydrogen-bond acceptors (Lipinski definition) is 4. The van der Waals surface area contributed by atoms with Crippen LogP contribution < -0.4 is 10.5 Å². The van der Waals surface area contributed by atoms with Crippen LogP contribution in [0.4, 0.5) is 5.69 Å². The zero-order chi connectivity index (χ0) is 18.8. The average molecular weight is 353 g/mol. The number of carbonyl (C=O) groups excluding carboxylic acids is 1. The van der Waals surface area contributed by atoms with Crippen molar-refractivity contribution in [1.29, 1.82) is 0 Å². The molecule has 0 aliphatic heterocycles. The minimum Gasteiger partial charge on any atom is -0.305 e. The Balaban J connectivity index is 1.98. The van der Waals surface area contributed by atoms with E-state index in [4.69, 9.17) is 0 Å². The van der Waals surface area contributed by atoms with Crippen LogP contribution in [0.25, 0.3) is 5.78 Å². The Kier molecular flexibility index (Phi) is 4.88. The topological polar surface area (TPSA) is 83.4 Å². The number of benzene rings is 1. The molecule has 0 radical (unpaired) electrons. The zero-order valence-corrected chi connectivity index (χ0v) is 15.5. The van der Waals surface area contributed by atoms with E-state index in [9.17, 15) is 9.59 Å². The molecule has 1 N–H and O–H groups in total. The standard InChI is InChI=1S/C19H23N5O2/c1-12(2)8-17(25)23(15-7-5-6-13(3)9-15)11-16-21-19-20-14(4)10-18(26)24(19)22-16/h5-7,9-10,12H,8,11H2,1-4H3,(H,20,21,22). The van der Waals surface area contributed by atoms with Crippen LogP contribution >= 0.6 is 0 Å². The summed E-state index contributed by atoms with van der Waals surface area (Å²) in [5.41, 5.74) is 2.27. The van der Waals surface area contributed by atoms with Gasteiger partial charge in [0.25, 0.3) is 11.3 Å². The summed E-state index contributed by atoms with van der Waals surface area (Å²) in [5, 5.41) is 2.95. The fraction of sp³-hybridized carbons (Fsp3) is 0.368. The number of nitrogens with zero attached hydrogens (tertiary/aromatic N) is 4. The van der Waals surface area contributed by atoms with Gasteiger partial charge in [-0.25, -0.2) is 4.98 Å². The number of aryl methyl sites for hydroxylation is 2. The lowest BCUT2D eigenvalue weighted by atomic mass is 10.1. The first-order valence-electron chi connectivity index (χ1n) is 8.66. The van der Waals surface area contributed by atoms with Gasteiger partial charge in [0.2, 0.25) is 5.91 Å². The highest BCUT2D eigenvalue weighted by Gasteiger charge is 2.19. The van der Waals surface area contributed by atoms with Crippen LogP contribution in [0.15, 0.2) is 35.1 Å². The molecule has 7 heteroatoms. The minimum atomic E-state index is -0.220. The highest BCUT2D eigenvalue weighted by molar-refractivity contribution is 5.93. The molecule has 0 aliphatic rings. The molecule has 0 fully saturated rings. The summed E-state index contributed by atoms with van der Waals surface area (Å²) >= 11 is 0. The van der Waals surface area contributed by atoms with Crippen molar-refractivity contribution in [3.05, 3.63) is 57.8 Å². The quantitative estimate of drug-likeness (QED) is 0.764. The van der Waals surface area contributed by atoms with Crippen LogP contribution in [0.3, 0.4) is 0 Å². The zero-order valence-electron chi connectivity index (χ0n) is 15.5. The van der Waals surface area contributed by atoms with E-state index in [0.717, 1.165) is 11.3 Å². The van der Waals surface area contributed by atoms with Crippen LogP contribution in [-0.2, 0) is 11.3 Å². The van der Waals surface area contributed by atoms with Crippen LogP contribution in [0.1, 0.15) is 37.4 Å². The number of rotatable bonds is 5. The number of aromatic amines is 1. The maximum atomic E-state index is 12.8. The van der Waals surface area contributed by atoms with E-state index in [1.807, 2.05) is 45.0 Å². The summed E-state index contributed by atoms with van der Waals surface area (Å²) < 4.78 is 1.30. The Labute approximate surface area is 151 Å². The van der Waals surface area contributed by atoms with E-state index in [-0.39, 0.29) is 23.9 Å². The number of amides is 1. The molecule has 2 heterocycles.